The molecule has 0 aliphatic heterocycles. The molecule has 2 aromatic heterocycles. The zero-order chi connectivity index (χ0) is 13.9. The van der Waals surface area contributed by atoms with E-state index in [0.29, 0.717) is 29.2 Å². The normalized spacial score (nSPS) is 10.9. The SMILES string of the molecule is COCc1cccc(Oc2cc(Cl)nc3ncnn23)c1. The second-order valence-electron chi connectivity index (χ2n) is 4.07. The van der Waals surface area contributed by atoms with Crippen molar-refractivity contribution in [3.8, 4) is 11.6 Å². The monoisotopic (exact) mass is 290 g/mol. The van der Waals surface area contributed by atoms with Crippen LogP contribution in [0.25, 0.3) is 5.78 Å². The van der Waals surface area contributed by atoms with Gasteiger partial charge in [0.2, 0.25) is 5.88 Å². The minimum atomic E-state index is 0.300. The lowest BCUT2D eigenvalue weighted by molar-refractivity contribution is 0.184. The molecule has 1 aromatic carbocycles. The Morgan fingerprint density at radius 3 is 3.05 bits per heavy atom. The smallest absolute Gasteiger partial charge is 0.256 e. The highest BCUT2D eigenvalue weighted by atomic mass is 35.5. The lowest BCUT2D eigenvalue weighted by atomic mass is 10.2. The Kier molecular flexibility index (Phi) is 3.49. The zero-order valence-electron chi connectivity index (χ0n) is 10.7. The van der Waals surface area contributed by atoms with E-state index in [1.54, 1.807) is 13.2 Å². The first-order valence-corrected chi connectivity index (χ1v) is 6.26. The van der Waals surface area contributed by atoms with E-state index in [1.807, 2.05) is 24.3 Å². The highest BCUT2D eigenvalue weighted by Gasteiger charge is 2.08. The van der Waals surface area contributed by atoms with Crippen LogP contribution in [0.2, 0.25) is 5.15 Å². The molecule has 0 spiro atoms. The minimum Gasteiger partial charge on any atom is -0.439 e. The van der Waals surface area contributed by atoms with Gasteiger partial charge in [0.25, 0.3) is 5.78 Å². The van der Waals surface area contributed by atoms with Crippen molar-refractivity contribution in [3.05, 3.63) is 47.4 Å². The number of methoxy groups -OCH3 is 1. The fourth-order valence-corrected chi connectivity index (χ4v) is 1.99. The number of ether oxygens (including phenoxy) is 2. The largest absolute Gasteiger partial charge is 0.439 e. The second-order valence-corrected chi connectivity index (χ2v) is 4.46. The Labute approximate surface area is 119 Å². The van der Waals surface area contributed by atoms with Crippen LogP contribution in [0.3, 0.4) is 0 Å². The van der Waals surface area contributed by atoms with E-state index in [0.717, 1.165) is 5.56 Å². The van der Waals surface area contributed by atoms with Crippen molar-refractivity contribution in [1.82, 2.24) is 19.6 Å². The van der Waals surface area contributed by atoms with Crippen LogP contribution >= 0.6 is 11.6 Å². The Morgan fingerprint density at radius 2 is 2.20 bits per heavy atom. The third-order valence-electron chi connectivity index (χ3n) is 2.62. The van der Waals surface area contributed by atoms with Gasteiger partial charge in [-0.25, -0.2) is 0 Å². The molecule has 3 aromatic rings. The van der Waals surface area contributed by atoms with Gasteiger partial charge in [-0.3, -0.25) is 0 Å². The number of halogens is 1. The summed E-state index contributed by atoms with van der Waals surface area (Å²) in [5, 5.41) is 4.35. The lowest BCUT2D eigenvalue weighted by Gasteiger charge is -2.08. The van der Waals surface area contributed by atoms with E-state index in [1.165, 1.54) is 10.8 Å². The molecule has 0 radical (unpaired) electrons. The molecule has 0 fully saturated rings. The van der Waals surface area contributed by atoms with Crippen LogP contribution < -0.4 is 4.74 Å². The Morgan fingerprint density at radius 1 is 1.30 bits per heavy atom. The number of hydrogen-bond donors (Lipinski definition) is 0. The fourth-order valence-electron chi connectivity index (χ4n) is 1.82. The van der Waals surface area contributed by atoms with Crippen LogP contribution in [0.1, 0.15) is 5.56 Å². The minimum absolute atomic E-state index is 0.300. The van der Waals surface area contributed by atoms with Gasteiger partial charge in [-0.1, -0.05) is 23.7 Å². The average molecular weight is 291 g/mol. The molecule has 7 heteroatoms. The quantitative estimate of drug-likeness (QED) is 0.691. The van der Waals surface area contributed by atoms with E-state index in [9.17, 15) is 0 Å². The van der Waals surface area contributed by atoms with Gasteiger partial charge in [-0.15, -0.1) is 0 Å². The maximum absolute atomic E-state index is 5.94. The third-order valence-corrected chi connectivity index (χ3v) is 2.81. The number of nitrogens with zero attached hydrogens (tertiary/aromatic N) is 4. The second kappa shape index (κ2) is 5.44. The van der Waals surface area contributed by atoms with Crippen LogP contribution in [-0.4, -0.2) is 26.7 Å². The number of fused-ring (bicyclic) bond motifs is 1. The molecule has 0 aliphatic carbocycles. The fraction of sp³-hybridized carbons (Fsp3) is 0.154. The number of rotatable bonds is 4. The van der Waals surface area contributed by atoms with Gasteiger partial charge in [0.1, 0.15) is 17.2 Å². The molecule has 0 atom stereocenters. The van der Waals surface area contributed by atoms with Crippen molar-refractivity contribution < 1.29 is 9.47 Å². The van der Waals surface area contributed by atoms with Crippen LogP contribution in [0.4, 0.5) is 0 Å². The summed E-state index contributed by atoms with van der Waals surface area (Å²) >= 11 is 5.94. The van der Waals surface area contributed by atoms with Crippen molar-refractivity contribution in [2.45, 2.75) is 6.61 Å². The van der Waals surface area contributed by atoms with Crippen molar-refractivity contribution in [2.24, 2.45) is 0 Å². The highest BCUT2D eigenvalue weighted by molar-refractivity contribution is 6.29. The van der Waals surface area contributed by atoms with Gasteiger partial charge >= 0.3 is 0 Å². The topological polar surface area (TPSA) is 61.5 Å². The summed E-state index contributed by atoms with van der Waals surface area (Å²) in [4.78, 5) is 8.02. The molecule has 102 valence electrons. The molecule has 0 aliphatic rings. The summed E-state index contributed by atoms with van der Waals surface area (Å²) in [5.41, 5.74) is 1.01. The van der Waals surface area contributed by atoms with E-state index in [-0.39, 0.29) is 0 Å². The number of aromatic nitrogens is 4. The Bertz CT molecular complexity index is 744. The molecule has 0 bridgehead atoms. The molecule has 2 heterocycles. The Hall–Kier alpha value is -2.18. The molecule has 0 saturated carbocycles. The lowest BCUT2D eigenvalue weighted by Crippen LogP contribution is -1.98. The molecule has 6 nitrogen and oxygen atoms in total. The molecule has 0 N–H and O–H groups in total. The molecular formula is C13H11ClN4O2. The molecule has 0 saturated heterocycles. The van der Waals surface area contributed by atoms with Crippen LogP contribution in [-0.2, 0) is 11.3 Å². The first kappa shape index (κ1) is 12.8. The van der Waals surface area contributed by atoms with Crippen LogP contribution in [0, 0.1) is 0 Å². The Balaban J connectivity index is 1.96. The molecule has 20 heavy (non-hydrogen) atoms. The summed E-state index contributed by atoms with van der Waals surface area (Å²) < 4.78 is 12.4. The first-order valence-electron chi connectivity index (χ1n) is 5.88. The van der Waals surface area contributed by atoms with E-state index < -0.39 is 0 Å². The van der Waals surface area contributed by atoms with E-state index in [4.69, 9.17) is 21.1 Å². The molecule has 3 rings (SSSR count). The number of hydrogen-bond acceptors (Lipinski definition) is 5. The highest BCUT2D eigenvalue weighted by Crippen LogP contribution is 2.24. The predicted molar refractivity (Wildman–Crippen MR) is 73.0 cm³/mol. The van der Waals surface area contributed by atoms with Crippen LogP contribution in [0.5, 0.6) is 11.6 Å². The number of benzene rings is 1. The van der Waals surface area contributed by atoms with Gasteiger partial charge in [0, 0.05) is 13.2 Å². The molecular weight excluding hydrogens is 280 g/mol. The predicted octanol–water partition coefficient (Wildman–Crippen LogP) is 2.72. The van der Waals surface area contributed by atoms with Crippen LogP contribution in [0.15, 0.2) is 36.7 Å². The summed E-state index contributed by atoms with van der Waals surface area (Å²) in [6, 6.07) is 9.18. The summed E-state index contributed by atoms with van der Waals surface area (Å²) in [5.74, 6) is 1.51. The van der Waals surface area contributed by atoms with Gasteiger partial charge in [-0.2, -0.15) is 19.6 Å². The van der Waals surface area contributed by atoms with Crippen molar-refractivity contribution >= 4 is 17.4 Å². The van der Waals surface area contributed by atoms with Crippen molar-refractivity contribution in [2.75, 3.05) is 7.11 Å². The van der Waals surface area contributed by atoms with Gasteiger partial charge in [-0.05, 0) is 17.7 Å². The summed E-state index contributed by atoms with van der Waals surface area (Å²) in [6.07, 6.45) is 1.40. The first-order chi connectivity index (χ1) is 9.76. The third kappa shape index (κ3) is 2.56. The zero-order valence-corrected chi connectivity index (χ0v) is 11.4. The van der Waals surface area contributed by atoms with Gasteiger partial charge in [0.05, 0.1) is 6.61 Å². The maximum Gasteiger partial charge on any atom is 0.256 e. The summed E-state index contributed by atoms with van der Waals surface area (Å²) in [6.45, 7) is 0.521. The van der Waals surface area contributed by atoms with Gasteiger partial charge in [0.15, 0.2) is 0 Å². The maximum atomic E-state index is 5.94. The summed E-state index contributed by atoms with van der Waals surface area (Å²) in [7, 11) is 1.65. The van der Waals surface area contributed by atoms with E-state index in [2.05, 4.69) is 15.1 Å². The van der Waals surface area contributed by atoms with Gasteiger partial charge < -0.3 is 9.47 Å². The standard InChI is InChI=1S/C13H11ClN4O2/c1-19-7-9-3-2-4-10(5-9)20-12-6-11(14)17-13-15-8-16-18(12)13/h2-6,8H,7H2,1H3. The molecule has 0 amide bonds. The average Bonchev–Trinajstić information content (AvgIpc) is 2.87. The van der Waals surface area contributed by atoms with Crippen molar-refractivity contribution in [1.29, 1.82) is 0 Å². The molecule has 0 unspecified atom stereocenters. The van der Waals surface area contributed by atoms with E-state index >= 15 is 0 Å². The van der Waals surface area contributed by atoms with Crippen molar-refractivity contribution in [3.63, 3.8) is 0 Å².